The summed E-state index contributed by atoms with van der Waals surface area (Å²) in [5.41, 5.74) is 7.20. The Hall–Kier alpha value is -1.13. The van der Waals surface area contributed by atoms with Gasteiger partial charge in [0.05, 0.1) is 6.04 Å². The molecule has 5 heteroatoms. The largest absolute Gasteiger partial charge is 0.320 e. The predicted molar refractivity (Wildman–Crippen MR) is 63.4 cm³/mol. The van der Waals surface area contributed by atoms with E-state index in [4.69, 9.17) is 5.73 Å². The zero-order valence-corrected chi connectivity index (χ0v) is 9.76. The summed E-state index contributed by atoms with van der Waals surface area (Å²) in [7, 11) is 0. The molecule has 1 aromatic rings. The molecule has 0 aromatic heterocycles. The summed E-state index contributed by atoms with van der Waals surface area (Å²) in [6.07, 6.45) is 0.772. The van der Waals surface area contributed by atoms with Gasteiger partial charge >= 0.3 is 0 Å². The number of nitrogens with two attached hydrogens (primary N) is 1. The van der Waals surface area contributed by atoms with E-state index in [1.807, 2.05) is 0 Å². The first-order chi connectivity index (χ1) is 7.09. The molecule has 1 aromatic carbocycles. The Morgan fingerprint density at radius 1 is 1.56 bits per heavy atom. The zero-order chi connectivity index (χ0) is 11.0. The molecule has 0 saturated heterocycles. The average molecular weight is 245 g/mol. The standard InChI is InChI=1S/C11H13FN2O.ClH/c1-7(13)11(15)14-5-4-8-2-3-9(12)6-10(8)14;/h2-3,6-7H,4-5,13H2,1H3;1H. The van der Waals surface area contributed by atoms with E-state index >= 15 is 0 Å². The van der Waals surface area contributed by atoms with Crippen molar-refractivity contribution in [2.75, 3.05) is 11.4 Å². The third kappa shape index (κ3) is 2.18. The molecular formula is C11H14ClFN2O. The van der Waals surface area contributed by atoms with Gasteiger partial charge in [-0.1, -0.05) is 6.07 Å². The van der Waals surface area contributed by atoms with E-state index in [1.165, 1.54) is 12.1 Å². The lowest BCUT2D eigenvalue weighted by Gasteiger charge is -2.19. The van der Waals surface area contributed by atoms with Crippen LogP contribution in [-0.2, 0) is 11.2 Å². The van der Waals surface area contributed by atoms with E-state index in [0.29, 0.717) is 12.2 Å². The van der Waals surface area contributed by atoms with Gasteiger partial charge in [-0.2, -0.15) is 0 Å². The number of rotatable bonds is 1. The van der Waals surface area contributed by atoms with Gasteiger partial charge in [0, 0.05) is 12.2 Å². The minimum atomic E-state index is -0.542. The molecule has 16 heavy (non-hydrogen) atoms. The quantitative estimate of drug-likeness (QED) is 0.814. The lowest BCUT2D eigenvalue weighted by Crippen LogP contribution is -2.41. The van der Waals surface area contributed by atoms with Crippen LogP contribution in [0.4, 0.5) is 10.1 Å². The molecule has 0 bridgehead atoms. The third-order valence-corrected chi connectivity index (χ3v) is 2.60. The van der Waals surface area contributed by atoms with E-state index in [2.05, 4.69) is 0 Å². The van der Waals surface area contributed by atoms with Crippen LogP contribution in [0.3, 0.4) is 0 Å². The molecule has 0 fully saturated rings. The highest BCUT2D eigenvalue weighted by atomic mass is 35.5. The van der Waals surface area contributed by atoms with E-state index in [1.54, 1.807) is 17.9 Å². The number of benzene rings is 1. The summed E-state index contributed by atoms with van der Waals surface area (Å²) < 4.78 is 13.0. The molecule has 1 amide bonds. The van der Waals surface area contributed by atoms with Gasteiger partial charge in [-0.15, -0.1) is 12.4 Å². The van der Waals surface area contributed by atoms with Crippen molar-refractivity contribution in [3.8, 4) is 0 Å². The number of anilines is 1. The zero-order valence-electron chi connectivity index (χ0n) is 8.94. The van der Waals surface area contributed by atoms with E-state index < -0.39 is 6.04 Å². The van der Waals surface area contributed by atoms with E-state index in [0.717, 1.165) is 12.0 Å². The van der Waals surface area contributed by atoms with Crippen molar-refractivity contribution in [1.82, 2.24) is 0 Å². The first-order valence-corrected chi connectivity index (χ1v) is 4.95. The maximum Gasteiger partial charge on any atom is 0.243 e. The summed E-state index contributed by atoms with van der Waals surface area (Å²) in [4.78, 5) is 13.3. The van der Waals surface area contributed by atoms with Crippen LogP contribution in [0.15, 0.2) is 18.2 Å². The van der Waals surface area contributed by atoms with Crippen LogP contribution in [0.25, 0.3) is 0 Å². The van der Waals surface area contributed by atoms with E-state index in [-0.39, 0.29) is 24.1 Å². The number of halogens is 2. The smallest absolute Gasteiger partial charge is 0.243 e. The lowest BCUT2D eigenvalue weighted by atomic mass is 10.1. The molecular weight excluding hydrogens is 231 g/mol. The SMILES string of the molecule is CC(N)C(=O)N1CCc2ccc(F)cc21.Cl. The summed E-state index contributed by atoms with van der Waals surface area (Å²) in [6, 6.07) is 3.99. The lowest BCUT2D eigenvalue weighted by molar-refractivity contribution is -0.119. The number of carbonyl (C=O) groups excluding carboxylic acids is 1. The first-order valence-electron chi connectivity index (χ1n) is 4.95. The molecule has 0 aliphatic carbocycles. The molecule has 1 unspecified atom stereocenters. The van der Waals surface area contributed by atoms with Crippen molar-refractivity contribution in [2.24, 2.45) is 5.73 Å². The van der Waals surface area contributed by atoms with Gasteiger partial charge in [-0.3, -0.25) is 4.79 Å². The van der Waals surface area contributed by atoms with Gasteiger partial charge in [0.2, 0.25) is 5.91 Å². The normalized spacial score (nSPS) is 15.3. The highest BCUT2D eigenvalue weighted by Crippen LogP contribution is 2.28. The fourth-order valence-electron chi connectivity index (χ4n) is 1.83. The van der Waals surface area contributed by atoms with Crippen LogP contribution in [0.1, 0.15) is 12.5 Å². The number of amides is 1. The van der Waals surface area contributed by atoms with Gasteiger partial charge in [0.25, 0.3) is 0 Å². The van der Waals surface area contributed by atoms with Crippen molar-refractivity contribution in [1.29, 1.82) is 0 Å². The van der Waals surface area contributed by atoms with Gasteiger partial charge < -0.3 is 10.6 Å². The topological polar surface area (TPSA) is 46.3 Å². The van der Waals surface area contributed by atoms with Crippen molar-refractivity contribution in [3.05, 3.63) is 29.6 Å². The van der Waals surface area contributed by atoms with E-state index in [9.17, 15) is 9.18 Å². The van der Waals surface area contributed by atoms with Crippen LogP contribution >= 0.6 is 12.4 Å². The van der Waals surface area contributed by atoms with Crippen molar-refractivity contribution in [2.45, 2.75) is 19.4 Å². The first kappa shape index (κ1) is 12.9. The maximum absolute atomic E-state index is 13.0. The predicted octanol–water partition coefficient (Wildman–Crippen LogP) is 1.48. The molecule has 1 aliphatic rings. The summed E-state index contributed by atoms with van der Waals surface area (Å²) in [5, 5.41) is 0. The number of carbonyl (C=O) groups is 1. The fourth-order valence-corrected chi connectivity index (χ4v) is 1.83. The van der Waals surface area contributed by atoms with Crippen molar-refractivity contribution < 1.29 is 9.18 Å². The van der Waals surface area contributed by atoms with Gasteiger partial charge in [0.15, 0.2) is 0 Å². The molecule has 2 N–H and O–H groups in total. The molecule has 1 aliphatic heterocycles. The van der Waals surface area contributed by atoms with Crippen LogP contribution < -0.4 is 10.6 Å². The summed E-state index contributed by atoms with van der Waals surface area (Å²) in [6.45, 7) is 2.23. The van der Waals surface area contributed by atoms with Gasteiger partial charge in [-0.05, 0) is 31.0 Å². The van der Waals surface area contributed by atoms with Crippen molar-refractivity contribution in [3.63, 3.8) is 0 Å². The average Bonchev–Trinajstić information content (AvgIpc) is 2.59. The number of hydrogen-bond acceptors (Lipinski definition) is 2. The Morgan fingerprint density at radius 3 is 2.88 bits per heavy atom. The van der Waals surface area contributed by atoms with Crippen LogP contribution in [0.5, 0.6) is 0 Å². The minimum absolute atomic E-state index is 0. The van der Waals surface area contributed by atoms with Crippen LogP contribution in [-0.4, -0.2) is 18.5 Å². The second-order valence-electron chi connectivity index (χ2n) is 3.80. The molecule has 1 atom stereocenters. The molecule has 0 spiro atoms. The fraction of sp³-hybridized carbons (Fsp3) is 0.364. The Morgan fingerprint density at radius 2 is 2.25 bits per heavy atom. The summed E-state index contributed by atoms with van der Waals surface area (Å²) >= 11 is 0. The molecule has 2 rings (SSSR count). The Balaban J connectivity index is 0.00000128. The minimum Gasteiger partial charge on any atom is -0.320 e. The highest BCUT2D eigenvalue weighted by molar-refractivity contribution is 5.98. The maximum atomic E-state index is 13.0. The Kier molecular flexibility index (Phi) is 3.88. The number of nitrogens with zero attached hydrogens (tertiary/aromatic N) is 1. The Bertz CT molecular complexity index is 409. The van der Waals surface area contributed by atoms with Crippen LogP contribution in [0, 0.1) is 5.82 Å². The van der Waals surface area contributed by atoms with Gasteiger partial charge in [-0.25, -0.2) is 4.39 Å². The molecule has 0 radical (unpaired) electrons. The Labute approximate surface area is 99.8 Å². The highest BCUT2D eigenvalue weighted by Gasteiger charge is 2.26. The third-order valence-electron chi connectivity index (χ3n) is 2.60. The monoisotopic (exact) mass is 244 g/mol. The van der Waals surface area contributed by atoms with Crippen molar-refractivity contribution >= 4 is 24.0 Å². The molecule has 0 saturated carbocycles. The van der Waals surface area contributed by atoms with Crippen LogP contribution in [0.2, 0.25) is 0 Å². The number of hydrogen-bond donors (Lipinski definition) is 1. The molecule has 88 valence electrons. The van der Waals surface area contributed by atoms with Gasteiger partial charge in [0.1, 0.15) is 5.82 Å². The molecule has 3 nitrogen and oxygen atoms in total. The molecule has 1 heterocycles. The second kappa shape index (κ2) is 4.80. The second-order valence-corrected chi connectivity index (χ2v) is 3.80. The summed E-state index contributed by atoms with van der Waals surface area (Å²) in [5.74, 6) is -0.475. The number of fused-ring (bicyclic) bond motifs is 1.